The average molecular weight is 536 g/mol. The van der Waals surface area contributed by atoms with Crippen molar-refractivity contribution in [2.24, 2.45) is 0 Å². The second-order valence-corrected chi connectivity index (χ2v) is 10.3. The van der Waals surface area contributed by atoms with Gasteiger partial charge < -0.3 is 14.4 Å². The second-order valence-electron chi connectivity index (χ2n) is 10.3. The Morgan fingerprint density at radius 2 is 1.95 bits per heavy atom. The summed E-state index contributed by atoms with van der Waals surface area (Å²) < 4.78 is 41.1. The molecule has 3 aliphatic rings. The molecule has 1 aromatic carbocycles. The number of nitrogens with zero attached hydrogens (tertiary/aromatic N) is 7. The van der Waals surface area contributed by atoms with Crippen LogP contribution in [0.5, 0.6) is 5.75 Å². The Kier molecular flexibility index (Phi) is 7.39. The third kappa shape index (κ3) is 5.58. The maximum atomic E-state index is 14.1. The average Bonchev–Trinajstić information content (AvgIpc) is 3.45. The number of piperidine rings is 1. The van der Waals surface area contributed by atoms with Crippen LogP contribution in [0.1, 0.15) is 49.7 Å². The quantitative estimate of drug-likeness (QED) is 0.433. The first-order valence-corrected chi connectivity index (χ1v) is 13.6. The van der Waals surface area contributed by atoms with Crippen LogP contribution in [-0.4, -0.2) is 63.5 Å². The lowest BCUT2D eigenvalue weighted by molar-refractivity contribution is -0.0394. The Labute approximate surface area is 226 Å². The number of rotatable bonds is 6. The van der Waals surface area contributed by atoms with Gasteiger partial charge in [0.15, 0.2) is 17.4 Å². The van der Waals surface area contributed by atoms with Crippen molar-refractivity contribution in [1.29, 1.82) is 5.26 Å². The summed E-state index contributed by atoms with van der Waals surface area (Å²) in [6.07, 6.45) is 8.72. The summed E-state index contributed by atoms with van der Waals surface area (Å²) in [4.78, 5) is 14.5. The van der Waals surface area contributed by atoms with Crippen molar-refractivity contribution in [2.45, 2.75) is 57.4 Å². The zero-order chi connectivity index (χ0) is 26.8. The van der Waals surface area contributed by atoms with Gasteiger partial charge in [0, 0.05) is 69.9 Å². The highest BCUT2D eigenvalue weighted by molar-refractivity contribution is 5.72. The van der Waals surface area contributed by atoms with Gasteiger partial charge in [-0.2, -0.15) is 10.4 Å². The smallest absolute Gasteiger partial charge is 0.167 e. The summed E-state index contributed by atoms with van der Waals surface area (Å²) >= 11 is 0. The van der Waals surface area contributed by atoms with E-state index in [0.717, 1.165) is 73.4 Å². The van der Waals surface area contributed by atoms with Crippen molar-refractivity contribution >= 4 is 5.82 Å². The van der Waals surface area contributed by atoms with Crippen LogP contribution >= 0.6 is 0 Å². The molecule has 0 spiro atoms. The zero-order valence-corrected chi connectivity index (χ0v) is 21.7. The standard InChI is InChI=1S/C28H31F2N7O2/c29-20-4-5-25(22(30)15-20)39-21-6-11-36(12-7-21)28-27(19-16-32-37(17-19)26-3-1-2-14-38-26)33-24-18-35(13-9-31)10-8-23(24)34-28/h4-5,15-17,21,26H,1-3,6-8,10-14,18H2. The molecule has 0 radical (unpaired) electrons. The number of anilines is 1. The van der Waals surface area contributed by atoms with Gasteiger partial charge in [0.05, 0.1) is 30.2 Å². The van der Waals surface area contributed by atoms with Crippen molar-refractivity contribution in [3.8, 4) is 23.1 Å². The Morgan fingerprint density at radius 1 is 1.08 bits per heavy atom. The highest BCUT2D eigenvalue weighted by Gasteiger charge is 2.29. The monoisotopic (exact) mass is 535 g/mol. The zero-order valence-electron chi connectivity index (χ0n) is 21.7. The van der Waals surface area contributed by atoms with Gasteiger partial charge in [-0.3, -0.25) is 4.90 Å². The molecule has 39 heavy (non-hydrogen) atoms. The molecule has 3 aromatic rings. The van der Waals surface area contributed by atoms with Crippen LogP contribution in [-0.2, 0) is 17.7 Å². The fourth-order valence-electron chi connectivity index (χ4n) is 5.51. The summed E-state index contributed by atoms with van der Waals surface area (Å²) in [6.45, 7) is 3.77. The Hall–Kier alpha value is -3.62. The van der Waals surface area contributed by atoms with Crippen LogP contribution in [0.4, 0.5) is 14.6 Å². The molecule has 3 aliphatic heterocycles. The van der Waals surface area contributed by atoms with E-state index in [4.69, 9.17) is 19.4 Å². The van der Waals surface area contributed by atoms with Crippen LogP contribution < -0.4 is 9.64 Å². The highest BCUT2D eigenvalue weighted by Crippen LogP contribution is 2.34. The minimum atomic E-state index is -0.690. The number of benzene rings is 1. The number of halogens is 2. The summed E-state index contributed by atoms with van der Waals surface area (Å²) in [5, 5.41) is 13.8. The van der Waals surface area contributed by atoms with Gasteiger partial charge in [0.2, 0.25) is 0 Å². The first-order valence-electron chi connectivity index (χ1n) is 13.6. The number of fused-ring (bicyclic) bond motifs is 1. The molecule has 0 bridgehead atoms. The molecule has 6 rings (SSSR count). The summed E-state index contributed by atoms with van der Waals surface area (Å²) in [7, 11) is 0. The van der Waals surface area contributed by atoms with E-state index < -0.39 is 11.6 Å². The predicted molar refractivity (Wildman–Crippen MR) is 139 cm³/mol. The van der Waals surface area contributed by atoms with E-state index in [1.54, 1.807) is 0 Å². The van der Waals surface area contributed by atoms with Gasteiger partial charge >= 0.3 is 0 Å². The van der Waals surface area contributed by atoms with E-state index in [0.29, 0.717) is 39.0 Å². The molecule has 0 N–H and O–H groups in total. The Balaban J connectivity index is 1.25. The third-order valence-electron chi connectivity index (χ3n) is 7.62. The maximum Gasteiger partial charge on any atom is 0.167 e. The summed E-state index contributed by atoms with van der Waals surface area (Å²) in [5.41, 5.74) is 3.48. The number of aromatic nitrogens is 4. The SMILES string of the molecule is N#CCN1CCc2nc(N3CCC(Oc4ccc(F)cc4F)CC3)c(-c3cnn(C4CCCCO4)c3)nc2C1. The van der Waals surface area contributed by atoms with Crippen LogP contribution in [0.3, 0.4) is 0 Å². The van der Waals surface area contributed by atoms with Gasteiger partial charge in [0.25, 0.3) is 0 Å². The molecular weight excluding hydrogens is 504 g/mol. The molecule has 2 aromatic heterocycles. The van der Waals surface area contributed by atoms with Gasteiger partial charge in [0.1, 0.15) is 23.8 Å². The Morgan fingerprint density at radius 3 is 2.72 bits per heavy atom. The molecule has 0 amide bonds. The van der Waals surface area contributed by atoms with E-state index in [1.165, 1.54) is 12.1 Å². The van der Waals surface area contributed by atoms with Gasteiger partial charge in [-0.15, -0.1) is 0 Å². The molecule has 9 nitrogen and oxygen atoms in total. The van der Waals surface area contributed by atoms with E-state index in [2.05, 4.69) is 21.0 Å². The molecule has 5 heterocycles. The molecule has 0 aliphatic carbocycles. The lowest BCUT2D eigenvalue weighted by Crippen LogP contribution is -2.40. The number of ether oxygens (including phenoxy) is 2. The molecule has 0 saturated carbocycles. The molecule has 204 valence electrons. The number of hydrogen-bond donors (Lipinski definition) is 0. The van der Waals surface area contributed by atoms with Crippen molar-refractivity contribution < 1.29 is 18.3 Å². The first-order chi connectivity index (χ1) is 19.1. The van der Waals surface area contributed by atoms with E-state index in [9.17, 15) is 14.0 Å². The number of nitriles is 1. The maximum absolute atomic E-state index is 14.1. The normalized spacial score (nSPS) is 20.4. The van der Waals surface area contributed by atoms with Gasteiger partial charge in [-0.1, -0.05) is 0 Å². The van der Waals surface area contributed by atoms with E-state index in [1.807, 2.05) is 17.1 Å². The third-order valence-corrected chi connectivity index (χ3v) is 7.62. The molecule has 11 heteroatoms. The van der Waals surface area contributed by atoms with E-state index >= 15 is 0 Å². The predicted octanol–water partition coefficient (Wildman–Crippen LogP) is 4.25. The Bertz CT molecular complexity index is 1360. The summed E-state index contributed by atoms with van der Waals surface area (Å²) in [5.74, 6) is -0.437. The number of hydrogen-bond acceptors (Lipinski definition) is 8. The van der Waals surface area contributed by atoms with Crippen molar-refractivity contribution in [3.63, 3.8) is 0 Å². The van der Waals surface area contributed by atoms with Crippen LogP contribution in [0.25, 0.3) is 11.3 Å². The van der Waals surface area contributed by atoms with Crippen LogP contribution in [0, 0.1) is 23.0 Å². The lowest BCUT2D eigenvalue weighted by atomic mass is 10.1. The van der Waals surface area contributed by atoms with Crippen molar-refractivity contribution in [2.75, 3.05) is 37.7 Å². The molecule has 1 unspecified atom stereocenters. The summed E-state index contributed by atoms with van der Waals surface area (Å²) in [6, 6.07) is 5.62. The van der Waals surface area contributed by atoms with Gasteiger partial charge in [-0.25, -0.2) is 23.4 Å². The highest BCUT2D eigenvalue weighted by atomic mass is 19.1. The van der Waals surface area contributed by atoms with Crippen molar-refractivity contribution in [1.82, 2.24) is 24.6 Å². The second kappa shape index (κ2) is 11.2. The molecule has 2 saturated heterocycles. The molecule has 2 fully saturated rings. The first kappa shape index (κ1) is 25.6. The van der Waals surface area contributed by atoms with Crippen molar-refractivity contribution in [3.05, 3.63) is 53.6 Å². The van der Waals surface area contributed by atoms with Crippen LogP contribution in [0.2, 0.25) is 0 Å². The fourth-order valence-corrected chi connectivity index (χ4v) is 5.51. The van der Waals surface area contributed by atoms with Crippen LogP contribution in [0.15, 0.2) is 30.6 Å². The topological polar surface area (TPSA) is 92.3 Å². The molecule has 1 atom stereocenters. The largest absolute Gasteiger partial charge is 0.487 e. The minimum Gasteiger partial charge on any atom is -0.487 e. The fraction of sp³-hybridized carbons (Fsp3) is 0.500. The minimum absolute atomic E-state index is 0.0726. The molecular formula is C28H31F2N7O2. The lowest BCUT2D eigenvalue weighted by Gasteiger charge is -2.35. The van der Waals surface area contributed by atoms with Gasteiger partial charge in [-0.05, 0) is 31.4 Å². The van der Waals surface area contributed by atoms with E-state index in [-0.39, 0.29) is 18.1 Å².